The van der Waals surface area contributed by atoms with Crippen molar-refractivity contribution in [2.45, 2.75) is 77.8 Å². The van der Waals surface area contributed by atoms with Crippen molar-refractivity contribution < 1.29 is 0 Å². The van der Waals surface area contributed by atoms with Crippen LogP contribution in [0.4, 0.5) is 17.1 Å². The molecule has 0 saturated heterocycles. The molecule has 0 amide bonds. The van der Waals surface area contributed by atoms with Crippen LogP contribution in [-0.4, -0.2) is 87.2 Å². The van der Waals surface area contributed by atoms with Gasteiger partial charge in [0, 0.05) is 156 Å². The van der Waals surface area contributed by atoms with Gasteiger partial charge >= 0.3 is 0 Å². The third-order valence-electron chi connectivity index (χ3n) is 14.5. The molecule has 0 aliphatic carbocycles. The molecule has 6 heterocycles. The highest BCUT2D eigenvalue weighted by atomic mass is 80.9. The van der Waals surface area contributed by atoms with Gasteiger partial charge in [-0.2, -0.15) is 0 Å². The van der Waals surface area contributed by atoms with E-state index in [1.807, 2.05) is 44.9 Å². The lowest BCUT2D eigenvalue weighted by atomic mass is 10.1. The van der Waals surface area contributed by atoms with E-state index in [-0.39, 0.29) is 10.1 Å². The fourth-order valence-corrected chi connectivity index (χ4v) is 12.4. The van der Waals surface area contributed by atoms with Gasteiger partial charge in [-0.1, -0.05) is 104 Å². The molecule has 0 radical (unpaired) electrons. The fourth-order valence-electron chi connectivity index (χ4n) is 7.96. The summed E-state index contributed by atoms with van der Waals surface area (Å²) in [6.45, 7) is 23.7. The Hall–Kier alpha value is -5.00. The number of anilines is 3. The molecule has 0 saturated carbocycles. The van der Waals surface area contributed by atoms with E-state index in [1.165, 1.54) is 50.1 Å². The van der Waals surface area contributed by atoms with Crippen LogP contribution in [0.25, 0.3) is 66.5 Å². The monoisotopic (exact) mass is 1180 g/mol. The zero-order chi connectivity index (χ0) is 52.2. The third-order valence-corrected chi connectivity index (χ3v) is 25.6. The van der Waals surface area contributed by atoms with Gasteiger partial charge in [-0.25, -0.2) is 15.0 Å². The van der Waals surface area contributed by atoms with E-state index < -0.39 is 16.5 Å². The number of nitrogens with zero attached hydrogens (tertiary/aromatic N) is 8. The lowest BCUT2D eigenvalue weighted by Crippen LogP contribution is -2.45. The maximum absolute atomic E-state index is 4.87. The Balaban J connectivity index is 0.000000174. The smallest absolute Gasteiger partial charge is 0.163 e. The van der Waals surface area contributed by atoms with Crippen LogP contribution in [0.3, 0.4) is 0 Å². The Morgan fingerprint density at radius 1 is 0.479 bits per heavy atom. The first-order valence-electron chi connectivity index (χ1n) is 23.9. The van der Waals surface area contributed by atoms with Gasteiger partial charge < -0.3 is 28.1 Å². The zero-order valence-electron chi connectivity index (χ0n) is 44.5. The summed E-state index contributed by atoms with van der Waals surface area (Å²) < 4.78 is 6.00. The van der Waals surface area contributed by atoms with Crippen molar-refractivity contribution >= 4 is 111 Å². The third kappa shape index (κ3) is 12.3. The molecule has 1 N–H and O–H groups in total. The van der Waals surface area contributed by atoms with E-state index in [0.29, 0.717) is 0 Å². The summed E-state index contributed by atoms with van der Waals surface area (Å²) in [5.41, 5.74) is 13.8. The first kappa shape index (κ1) is 55.3. The van der Waals surface area contributed by atoms with Crippen LogP contribution in [0.15, 0.2) is 145 Å². The first-order chi connectivity index (χ1) is 33.4. The predicted octanol–water partition coefficient (Wildman–Crippen LogP) is 17.0. The van der Waals surface area contributed by atoms with Crippen LogP contribution in [0, 0.1) is 0 Å². The van der Waals surface area contributed by atoms with Crippen LogP contribution >= 0.6 is 44.2 Å². The van der Waals surface area contributed by atoms with Crippen molar-refractivity contribution in [2.24, 2.45) is 0 Å². The number of aromatic nitrogens is 6. The highest BCUT2D eigenvalue weighted by molar-refractivity contribution is 9.93. The quantitative estimate of drug-likeness (QED) is 0.153. The van der Waals surface area contributed by atoms with Crippen LogP contribution in [0.1, 0.15) is 41.5 Å². The summed E-state index contributed by atoms with van der Waals surface area (Å²) in [6, 6.07) is 36.7. The van der Waals surface area contributed by atoms with Crippen LogP contribution < -0.4 is 14.7 Å². The summed E-state index contributed by atoms with van der Waals surface area (Å²) in [5.74, 6) is 0. The molecule has 0 unspecified atom stereocenters. The van der Waals surface area contributed by atoms with Gasteiger partial charge in [0.05, 0.1) is 0 Å². The number of benzene rings is 3. The van der Waals surface area contributed by atoms with Crippen LogP contribution in [-0.2, 0) is 0 Å². The van der Waals surface area contributed by atoms with Crippen molar-refractivity contribution in [3.05, 3.63) is 145 Å². The molecule has 0 atom stereocenters. The second-order valence-electron chi connectivity index (χ2n) is 21.8. The van der Waals surface area contributed by atoms with Gasteiger partial charge in [0.25, 0.3) is 0 Å². The van der Waals surface area contributed by atoms with Gasteiger partial charge in [0.2, 0.25) is 0 Å². The van der Waals surface area contributed by atoms with Crippen molar-refractivity contribution in [1.29, 1.82) is 0 Å². The summed E-state index contributed by atoms with van der Waals surface area (Å²) >= 11 is 9.27. The molecular weight excluding hydrogens is 1110 g/mol. The topological polar surface area (TPSA) is 74.0 Å². The lowest BCUT2D eigenvalue weighted by Gasteiger charge is -2.38. The van der Waals surface area contributed by atoms with Crippen LogP contribution in [0.2, 0.25) is 36.3 Å². The maximum Gasteiger partial charge on any atom is 0.163 e. The van der Waals surface area contributed by atoms with Crippen LogP contribution in [0.5, 0.6) is 0 Å². The van der Waals surface area contributed by atoms with E-state index in [9.17, 15) is 0 Å². The minimum atomic E-state index is -1.72. The SMILES string of the molecule is BrBr.CN(C)c1ccc(-c2cnc3[nH]ccc3c2)cc1.CN(C)c1ccc(-c2cnc3c(c2)c(Br)cn3[Si](C)(C)C(C)(C)C)cc1.CN(C)c1ccc(-c2cnc3c(ccn3[Si](C)(C)C(C)(C)C)c2)cc1. The molecule has 9 aromatic rings. The number of hydrogen-bond donors (Lipinski definition) is 1. The molecule has 71 heavy (non-hydrogen) atoms. The van der Waals surface area contributed by atoms with Gasteiger partial charge in [-0.15, -0.1) is 0 Å². The van der Waals surface area contributed by atoms with E-state index in [2.05, 4.69) is 283 Å². The lowest BCUT2D eigenvalue weighted by molar-refractivity contribution is 0.702. The maximum atomic E-state index is 4.87. The minimum Gasteiger partial charge on any atom is -0.378 e. The summed E-state index contributed by atoms with van der Waals surface area (Å²) in [6.07, 6.45) is 12.3. The van der Waals surface area contributed by atoms with E-state index >= 15 is 0 Å². The Morgan fingerprint density at radius 2 is 0.873 bits per heavy atom. The first-order valence-corrected chi connectivity index (χ1v) is 34.3. The molecule has 0 fully saturated rings. The number of halogens is 3. The Labute approximate surface area is 448 Å². The number of fused-ring (bicyclic) bond motifs is 3. The average molecular weight is 1180 g/mol. The molecule has 9 nitrogen and oxygen atoms in total. The number of hydrogen-bond acceptors (Lipinski definition) is 6. The van der Waals surface area contributed by atoms with Gasteiger partial charge in [-0.3, -0.25) is 0 Å². The second kappa shape index (κ2) is 22.4. The molecule has 0 spiro atoms. The molecule has 14 heteroatoms. The molecule has 374 valence electrons. The summed E-state index contributed by atoms with van der Waals surface area (Å²) in [4.78, 5) is 23.6. The Morgan fingerprint density at radius 3 is 1.31 bits per heavy atom. The van der Waals surface area contributed by atoms with E-state index in [1.54, 1.807) is 0 Å². The molecule has 0 aliphatic heterocycles. The van der Waals surface area contributed by atoms with Crippen molar-refractivity contribution in [1.82, 2.24) is 28.4 Å². The Kier molecular flexibility index (Phi) is 17.5. The molecular formula is C57H72Br3N9Si2. The second-order valence-corrected chi connectivity index (χ2v) is 32.9. The minimum absolute atomic E-state index is 0.251. The van der Waals surface area contributed by atoms with Crippen molar-refractivity contribution in [2.75, 3.05) is 57.0 Å². The number of nitrogens with one attached hydrogen (secondary N) is 1. The molecule has 3 aromatic carbocycles. The molecule has 9 rings (SSSR count). The summed E-state index contributed by atoms with van der Waals surface area (Å²) in [5, 5.41) is 4.08. The fraction of sp³-hybridized carbons (Fsp3) is 0.316. The average Bonchev–Trinajstić information content (AvgIpc) is 4.09. The zero-order valence-corrected chi connectivity index (χ0v) is 51.2. The van der Waals surface area contributed by atoms with Crippen molar-refractivity contribution in [3.63, 3.8) is 0 Å². The molecule has 6 aromatic heterocycles. The standard InChI is InChI=1S/C21H28BrN3Si.C21H29N3Si.C15H15N3.Br2/c1-21(2,3)26(6,7)25-14-19(22)18-12-16(13-23-20(18)25)15-8-10-17(11-9-15)24(4)5;1-21(2,3)25(6,7)24-13-12-17-14-18(15-22-20(17)24)16-8-10-19(11-9-16)23(4)5;1-18(2)14-5-3-11(4-6-14)13-9-12-7-8-16-15(12)17-10-13;1-2/h8-14H,1-7H3;8-15H,1-7H3;3-10H,1-2H3,(H,16,17);. The number of aromatic amines is 1. The van der Waals surface area contributed by atoms with Gasteiger partial charge in [-0.05, 0) is 116 Å². The Bertz CT molecular complexity index is 3170. The normalized spacial score (nSPS) is 11.9. The van der Waals surface area contributed by atoms with E-state index in [4.69, 9.17) is 9.97 Å². The highest BCUT2D eigenvalue weighted by Crippen LogP contribution is 2.42. The summed E-state index contributed by atoms with van der Waals surface area (Å²) in [7, 11) is 8.95. The number of pyridine rings is 3. The van der Waals surface area contributed by atoms with Gasteiger partial charge in [0.1, 0.15) is 16.9 Å². The van der Waals surface area contributed by atoms with Crippen molar-refractivity contribution in [3.8, 4) is 33.4 Å². The predicted molar refractivity (Wildman–Crippen MR) is 326 cm³/mol. The molecule has 0 bridgehead atoms. The van der Waals surface area contributed by atoms with E-state index in [0.717, 1.165) is 37.9 Å². The molecule has 0 aliphatic rings. The number of rotatable bonds is 8. The highest BCUT2D eigenvalue weighted by Gasteiger charge is 2.40. The largest absolute Gasteiger partial charge is 0.378 e. The van der Waals surface area contributed by atoms with Gasteiger partial charge in [0.15, 0.2) is 16.5 Å². The number of H-pyrrole nitrogens is 1.